The zero-order valence-electron chi connectivity index (χ0n) is 16.2. The van der Waals surface area contributed by atoms with Gasteiger partial charge in [-0.3, -0.25) is 4.79 Å². The van der Waals surface area contributed by atoms with Crippen molar-refractivity contribution in [2.45, 2.75) is 13.5 Å². The standard InChI is InChI=1S/C23H18ClN5O/c1-15-10-12-26-29(15)17-8-9-18(19(24)13-17)23(30)28-14-16-5-4-11-25-22(16)27-20-6-2-3-7-21(20)28/h2-13H,14H2,1H3,(H,25,27). The van der Waals surface area contributed by atoms with E-state index in [-0.39, 0.29) is 5.91 Å². The van der Waals surface area contributed by atoms with Crippen LogP contribution in [0.2, 0.25) is 5.02 Å². The normalized spacial score (nSPS) is 12.5. The van der Waals surface area contributed by atoms with Crippen molar-refractivity contribution in [2.75, 3.05) is 10.2 Å². The molecule has 0 unspecified atom stereocenters. The van der Waals surface area contributed by atoms with Gasteiger partial charge in [0, 0.05) is 23.7 Å². The van der Waals surface area contributed by atoms with Crippen LogP contribution >= 0.6 is 11.6 Å². The summed E-state index contributed by atoms with van der Waals surface area (Å²) in [6.45, 7) is 2.36. The van der Waals surface area contributed by atoms with Gasteiger partial charge in [0.25, 0.3) is 5.91 Å². The number of pyridine rings is 1. The maximum Gasteiger partial charge on any atom is 0.260 e. The summed E-state index contributed by atoms with van der Waals surface area (Å²) in [5, 5.41) is 8.03. The molecular weight excluding hydrogens is 398 g/mol. The molecule has 1 aliphatic rings. The molecule has 2 aromatic carbocycles. The maximum absolute atomic E-state index is 13.6. The summed E-state index contributed by atoms with van der Waals surface area (Å²) in [4.78, 5) is 19.7. The van der Waals surface area contributed by atoms with E-state index in [0.717, 1.165) is 34.1 Å². The Morgan fingerprint density at radius 1 is 1.07 bits per heavy atom. The number of aryl methyl sites for hydroxylation is 1. The molecule has 4 aromatic rings. The number of anilines is 3. The van der Waals surface area contributed by atoms with E-state index >= 15 is 0 Å². The Morgan fingerprint density at radius 2 is 1.93 bits per heavy atom. The molecule has 1 amide bonds. The van der Waals surface area contributed by atoms with Crippen molar-refractivity contribution in [3.8, 4) is 5.69 Å². The van der Waals surface area contributed by atoms with E-state index in [9.17, 15) is 4.79 Å². The summed E-state index contributed by atoms with van der Waals surface area (Å²) in [5.74, 6) is 0.575. The molecular formula is C23H18ClN5O. The molecule has 0 bridgehead atoms. The first-order valence-corrected chi connectivity index (χ1v) is 9.92. The Kier molecular flexibility index (Phi) is 4.48. The van der Waals surface area contributed by atoms with Crippen LogP contribution in [0, 0.1) is 6.92 Å². The minimum atomic E-state index is -0.172. The number of halogens is 1. The third kappa shape index (κ3) is 3.11. The molecule has 0 saturated heterocycles. The lowest BCUT2D eigenvalue weighted by molar-refractivity contribution is 0.0985. The minimum Gasteiger partial charge on any atom is -0.338 e. The van der Waals surface area contributed by atoms with Crippen LogP contribution in [0.5, 0.6) is 0 Å². The van der Waals surface area contributed by atoms with Gasteiger partial charge in [-0.05, 0) is 49.4 Å². The molecule has 0 aliphatic carbocycles. The third-order valence-electron chi connectivity index (χ3n) is 5.17. The van der Waals surface area contributed by atoms with Crippen molar-refractivity contribution in [3.05, 3.63) is 94.9 Å². The fourth-order valence-electron chi connectivity index (χ4n) is 3.65. The minimum absolute atomic E-state index is 0.172. The topological polar surface area (TPSA) is 63.1 Å². The van der Waals surface area contributed by atoms with Gasteiger partial charge in [-0.1, -0.05) is 29.8 Å². The molecule has 1 N–H and O–H groups in total. The van der Waals surface area contributed by atoms with Gasteiger partial charge in [-0.25, -0.2) is 9.67 Å². The molecule has 1 aliphatic heterocycles. The second-order valence-corrected chi connectivity index (χ2v) is 7.50. The van der Waals surface area contributed by atoms with Gasteiger partial charge in [0.15, 0.2) is 0 Å². The highest BCUT2D eigenvalue weighted by Crippen LogP contribution is 2.36. The smallest absolute Gasteiger partial charge is 0.260 e. The van der Waals surface area contributed by atoms with Crippen LogP contribution in [-0.4, -0.2) is 20.7 Å². The summed E-state index contributed by atoms with van der Waals surface area (Å²) in [5.41, 5.74) is 4.77. The number of nitrogens with one attached hydrogen (secondary N) is 1. The Balaban J connectivity index is 1.56. The third-order valence-corrected chi connectivity index (χ3v) is 5.49. The van der Waals surface area contributed by atoms with Gasteiger partial charge in [-0.15, -0.1) is 0 Å². The van der Waals surface area contributed by atoms with Gasteiger partial charge in [-0.2, -0.15) is 5.10 Å². The highest BCUT2D eigenvalue weighted by Gasteiger charge is 2.26. The fraction of sp³-hybridized carbons (Fsp3) is 0.0870. The average Bonchev–Trinajstić information content (AvgIpc) is 3.11. The Bertz CT molecular complexity index is 1270. The van der Waals surface area contributed by atoms with Crippen LogP contribution in [-0.2, 0) is 6.54 Å². The molecule has 0 spiro atoms. The highest BCUT2D eigenvalue weighted by molar-refractivity contribution is 6.34. The summed E-state index contributed by atoms with van der Waals surface area (Å²) in [7, 11) is 0. The van der Waals surface area contributed by atoms with Crippen LogP contribution in [0.1, 0.15) is 21.6 Å². The van der Waals surface area contributed by atoms with Crippen LogP contribution in [0.4, 0.5) is 17.2 Å². The molecule has 6 nitrogen and oxygen atoms in total. The van der Waals surface area contributed by atoms with Gasteiger partial charge < -0.3 is 10.2 Å². The van der Waals surface area contributed by atoms with Gasteiger partial charge in [0.1, 0.15) is 5.82 Å². The molecule has 3 heterocycles. The van der Waals surface area contributed by atoms with Crippen LogP contribution in [0.25, 0.3) is 5.69 Å². The SMILES string of the molecule is Cc1ccnn1-c1ccc(C(=O)N2Cc3cccnc3Nc3ccccc32)c(Cl)c1. The monoisotopic (exact) mass is 415 g/mol. The number of fused-ring (bicyclic) bond motifs is 2. The van der Waals surface area contributed by atoms with E-state index in [1.807, 2.05) is 55.5 Å². The summed E-state index contributed by atoms with van der Waals surface area (Å²) in [6, 6.07) is 18.8. The lowest BCUT2D eigenvalue weighted by atomic mass is 10.1. The molecule has 148 valence electrons. The lowest BCUT2D eigenvalue weighted by Crippen LogP contribution is -2.30. The lowest BCUT2D eigenvalue weighted by Gasteiger charge is -2.23. The average molecular weight is 416 g/mol. The van der Waals surface area contributed by atoms with Crippen molar-refractivity contribution in [1.82, 2.24) is 14.8 Å². The number of benzene rings is 2. The van der Waals surface area contributed by atoms with Crippen LogP contribution < -0.4 is 10.2 Å². The van der Waals surface area contributed by atoms with E-state index < -0.39 is 0 Å². The van der Waals surface area contributed by atoms with Gasteiger partial charge in [0.2, 0.25) is 0 Å². The zero-order chi connectivity index (χ0) is 20.7. The van der Waals surface area contributed by atoms with E-state index in [1.165, 1.54) is 0 Å². The number of aromatic nitrogens is 3. The number of para-hydroxylation sites is 2. The van der Waals surface area contributed by atoms with Crippen LogP contribution in [0.3, 0.4) is 0 Å². The van der Waals surface area contributed by atoms with Crippen molar-refractivity contribution in [3.63, 3.8) is 0 Å². The van der Waals surface area contributed by atoms with E-state index in [2.05, 4.69) is 15.4 Å². The summed E-state index contributed by atoms with van der Waals surface area (Å²) < 4.78 is 1.78. The largest absolute Gasteiger partial charge is 0.338 e. The number of carbonyl (C=O) groups is 1. The Labute approximate surface area is 178 Å². The molecule has 5 rings (SSSR count). The van der Waals surface area contributed by atoms with Crippen molar-refractivity contribution in [1.29, 1.82) is 0 Å². The first-order chi connectivity index (χ1) is 14.6. The number of amides is 1. The fourth-order valence-corrected chi connectivity index (χ4v) is 3.91. The molecule has 7 heteroatoms. The van der Waals surface area contributed by atoms with Gasteiger partial charge >= 0.3 is 0 Å². The molecule has 2 aromatic heterocycles. The summed E-state index contributed by atoms with van der Waals surface area (Å²) >= 11 is 6.56. The van der Waals surface area contributed by atoms with Crippen molar-refractivity contribution in [2.24, 2.45) is 0 Å². The number of rotatable bonds is 2. The number of hydrogen-bond donors (Lipinski definition) is 1. The van der Waals surface area contributed by atoms with Crippen LogP contribution in [0.15, 0.2) is 73.1 Å². The summed E-state index contributed by atoms with van der Waals surface area (Å²) in [6.07, 6.45) is 3.47. The van der Waals surface area contributed by atoms with Crippen molar-refractivity contribution >= 4 is 34.7 Å². The molecule has 0 fully saturated rings. The number of hydrogen-bond acceptors (Lipinski definition) is 4. The predicted octanol–water partition coefficient (Wildman–Crippen LogP) is 5.13. The molecule has 30 heavy (non-hydrogen) atoms. The number of nitrogens with zero attached hydrogens (tertiary/aromatic N) is 4. The first-order valence-electron chi connectivity index (χ1n) is 9.54. The second-order valence-electron chi connectivity index (χ2n) is 7.09. The van der Waals surface area contributed by atoms with E-state index in [1.54, 1.807) is 34.1 Å². The predicted molar refractivity (Wildman–Crippen MR) is 118 cm³/mol. The maximum atomic E-state index is 13.6. The molecule has 0 radical (unpaired) electrons. The quantitative estimate of drug-likeness (QED) is 0.492. The van der Waals surface area contributed by atoms with Gasteiger partial charge in [0.05, 0.1) is 34.2 Å². The van der Waals surface area contributed by atoms with Crippen molar-refractivity contribution < 1.29 is 4.79 Å². The number of carbonyl (C=O) groups excluding carboxylic acids is 1. The highest BCUT2D eigenvalue weighted by atomic mass is 35.5. The molecule has 0 atom stereocenters. The Morgan fingerprint density at radius 3 is 2.73 bits per heavy atom. The zero-order valence-corrected chi connectivity index (χ0v) is 17.0. The van der Waals surface area contributed by atoms with E-state index in [0.29, 0.717) is 17.1 Å². The Hall–Kier alpha value is -3.64. The first kappa shape index (κ1) is 18.4. The molecule has 0 saturated carbocycles. The second kappa shape index (κ2) is 7.31. The van der Waals surface area contributed by atoms with E-state index in [4.69, 9.17) is 11.6 Å².